The van der Waals surface area contributed by atoms with Crippen LogP contribution in [0.4, 0.5) is 16.5 Å². The van der Waals surface area contributed by atoms with E-state index < -0.39 is 0 Å². The maximum Gasteiger partial charge on any atom is 0.186 e. The molecular weight excluding hydrogens is 508 g/mol. The Hall–Kier alpha value is -3.75. The van der Waals surface area contributed by atoms with Crippen molar-refractivity contribution in [3.63, 3.8) is 0 Å². The zero-order valence-electron chi connectivity index (χ0n) is 23.5. The number of rotatable bonds is 14. The first-order chi connectivity index (χ1) is 18.9. The van der Waals surface area contributed by atoms with Gasteiger partial charge in [0.05, 0.1) is 26.0 Å². The van der Waals surface area contributed by atoms with E-state index in [-0.39, 0.29) is 0 Å². The van der Waals surface area contributed by atoms with Gasteiger partial charge in [-0.15, -0.1) is 11.3 Å². The number of thiazole rings is 1. The first-order valence-electron chi connectivity index (χ1n) is 13.0. The van der Waals surface area contributed by atoms with Gasteiger partial charge in [-0.05, 0) is 47.5 Å². The van der Waals surface area contributed by atoms with Gasteiger partial charge in [-0.25, -0.2) is 4.98 Å². The maximum absolute atomic E-state index is 5.89. The summed E-state index contributed by atoms with van der Waals surface area (Å²) in [6, 6.07) is 24.9. The summed E-state index contributed by atoms with van der Waals surface area (Å²) in [5.74, 6) is 1.69. The van der Waals surface area contributed by atoms with E-state index in [1.165, 1.54) is 16.8 Å². The molecule has 0 aliphatic carbocycles. The predicted molar refractivity (Wildman–Crippen MR) is 162 cm³/mol. The average Bonchev–Trinajstić information content (AvgIpc) is 3.42. The number of hydrogen-bond donors (Lipinski definition) is 0. The van der Waals surface area contributed by atoms with Crippen LogP contribution in [0.3, 0.4) is 0 Å². The van der Waals surface area contributed by atoms with Gasteiger partial charge in [0.1, 0.15) is 18.1 Å². The molecule has 1 aromatic heterocycles. The van der Waals surface area contributed by atoms with E-state index in [0.717, 1.165) is 41.1 Å². The zero-order valence-corrected chi connectivity index (χ0v) is 24.3. The van der Waals surface area contributed by atoms with E-state index >= 15 is 0 Å². The molecule has 0 saturated carbocycles. The number of methoxy groups -OCH3 is 1. The number of ether oxygens (including phenoxy) is 3. The highest BCUT2D eigenvalue weighted by Crippen LogP contribution is 2.27. The Morgan fingerprint density at radius 1 is 0.744 bits per heavy atom. The Labute approximate surface area is 236 Å². The van der Waals surface area contributed by atoms with Crippen LogP contribution in [0, 0.1) is 0 Å². The average molecular weight is 547 g/mol. The van der Waals surface area contributed by atoms with E-state index in [4.69, 9.17) is 19.2 Å². The number of aromatic nitrogens is 1. The fourth-order valence-electron chi connectivity index (χ4n) is 4.09. The van der Waals surface area contributed by atoms with Crippen molar-refractivity contribution >= 4 is 27.8 Å². The monoisotopic (exact) mass is 546 g/mol. The van der Waals surface area contributed by atoms with Crippen LogP contribution in [0.2, 0.25) is 0 Å². The molecule has 0 fully saturated rings. The van der Waals surface area contributed by atoms with Crippen molar-refractivity contribution in [2.75, 3.05) is 63.2 Å². The highest BCUT2D eigenvalue weighted by molar-refractivity contribution is 7.13. The molecule has 0 aliphatic rings. The third kappa shape index (κ3) is 8.37. The molecule has 4 aromatic rings. The summed E-state index contributed by atoms with van der Waals surface area (Å²) in [5, 5.41) is 3.04. The Kier molecular flexibility index (Phi) is 10.1. The van der Waals surface area contributed by atoms with Gasteiger partial charge in [-0.3, -0.25) is 0 Å². The molecule has 206 valence electrons. The molecule has 8 heteroatoms. The van der Waals surface area contributed by atoms with Crippen LogP contribution in [0.15, 0.2) is 78.2 Å². The molecule has 3 aromatic carbocycles. The van der Waals surface area contributed by atoms with Crippen molar-refractivity contribution in [2.45, 2.75) is 19.7 Å². The molecule has 0 aliphatic heterocycles. The van der Waals surface area contributed by atoms with Gasteiger partial charge in [0.2, 0.25) is 0 Å². The summed E-state index contributed by atoms with van der Waals surface area (Å²) >= 11 is 1.64. The van der Waals surface area contributed by atoms with Crippen molar-refractivity contribution in [1.82, 2.24) is 4.98 Å². The third-order valence-electron chi connectivity index (χ3n) is 6.20. The number of hydrogen-bond acceptors (Lipinski definition) is 8. The summed E-state index contributed by atoms with van der Waals surface area (Å²) in [5.41, 5.74) is 5.60. The molecule has 0 unspecified atom stereocenters. The van der Waals surface area contributed by atoms with Crippen LogP contribution in [-0.2, 0) is 24.4 Å². The lowest BCUT2D eigenvalue weighted by Crippen LogP contribution is -2.22. The molecule has 0 spiro atoms. The van der Waals surface area contributed by atoms with Crippen LogP contribution in [0.5, 0.6) is 11.5 Å². The van der Waals surface area contributed by atoms with E-state index in [1.54, 1.807) is 18.4 Å². The molecule has 0 saturated heterocycles. The van der Waals surface area contributed by atoms with Crippen LogP contribution in [0.1, 0.15) is 16.8 Å². The van der Waals surface area contributed by atoms with Crippen LogP contribution in [0.25, 0.3) is 0 Å². The first kappa shape index (κ1) is 28.3. The van der Waals surface area contributed by atoms with Gasteiger partial charge < -0.3 is 28.9 Å². The summed E-state index contributed by atoms with van der Waals surface area (Å²) in [6.45, 7) is 2.88. The fourth-order valence-corrected chi connectivity index (χ4v) is 4.90. The quantitative estimate of drug-likeness (QED) is 0.178. The van der Waals surface area contributed by atoms with Crippen molar-refractivity contribution < 1.29 is 14.2 Å². The highest BCUT2D eigenvalue weighted by Gasteiger charge is 2.14. The predicted octanol–water partition coefficient (Wildman–Crippen LogP) is 6.09. The van der Waals surface area contributed by atoms with Crippen molar-refractivity contribution in [3.05, 3.63) is 95.0 Å². The van der Waals surface area contributed by atoms with Crippen LogP contribution >= 0.6 is 11.3 Å². The van der Waals surface area contributed by atoms with E-state index in [9.17, 15) is 0 Å². The van der Waals surface area contributed by atoms with E-state index in [0.29, 0.717) is 19.8 Å². The summed E-state index contributed by atoms with van der Waals surface area (Å²) in [7, 11) is 9.85. The molecule has 0 N–H and O–H groups in total. The van der Waals surface area contributed by atoms with E-state index in [2.05, 4.69) is 76.6 Å². The molecular formula is C31H38N4O3S. The molecule has 0 radical (unpaired) electrons. The Bertz CT molecular complexity index is 1320. The summed E-state index contributed by atoms with van der Waals surface area (Å²) in [4.78, 5) is 11.4. The standard InChI is InChI=1S/C31H38N4O3S/c1-33(2)27-11-6-9-24(17-27)20-35(21-25-10-7-13-29(18-25)36-5)31-32-26(23-39-31)22-37-15-16-38-30-14-8-12-28(19-30)34(3)4/h6-14,17-19,23H,15-16,20-22H2,1-5H3. The molecule has 4 rings (SSSR count). The van der Waals surface area contributed by atoms with Crippen molar-refractivity contribution in [2.24, 2.45) is 0 Å². The number of benzene rings is 3. The van der Waals surface area contributed by atoms with Gasteiger partial charge in [-0.1, -0.05) is 30.3 Å². The summed E-state index contributed by atoms with van der Waals surface area (Å²) in [6.07, 6.45) is 0. The first-order valence-corrected chi connectivity index (χ1v) is 13.9. The third-order valence-corrected chi connectivity index (χ3v) is 7.15. The van der Waals surface area contributed by atoms with Crippen LogP contribution < -0.4 is 24.2 Å². The van der Waals surface area contributed by atoms with Gasteiger partial charge in [0.15, 0.2) is 5.13 Å². The maximum atomic E-state index is 5.89. The minimum Gasteiger partial charge on any atom is -0.497 e. The fraction of sp³-hybridized carbons (Fsp3) is 0.323. The van der Waals surface area contributed by atoms with E-state index in [1.807, 2.05) is 44.4 Å². The lowest BCUT2D eigenvalue weighted by Gasteiger charge is -2.23. The second-order valence-electron chi connectivity index (χ2n) is 9.69. The molecule has 0 amide bonds. The lowest BCUT2D eigenvalue weighted by atomic mass is 10.1. The van der Waals surface area contributed by atoms with Gasteiger partial charge in [0, 0.05) is 64.1 Å². The zero-order chi connectivity index (χ0) is 27.6. The number of anilines is 3. The highest BCUT2D eigenvalue weighted by atomic mass is 32.1. The minimum atomic E-state index is 0.445. The topological polar surface area (TPSA) is 50.3 Å². The van der Waals surface area contributed by atoms with Crippen molar-refractivity contribution in [3.8, 4) is 11.5 Å². The Balaban J connectivity index is 1.38. The lowest BCUT2D eigenvalue weighted by molar-refractivity contribution is 0.0873. The molecule has 39 heavy (non-hydrogen) atoms. The SMILES string of the molecule is COc1cccc(CN(Cc2cccc(N(C)C)c2)c2nc(COCCOc3cccc(N(C)C)c3)cs2)c1. The summed E-state index contributed by atoms with van der Waals surface area (Å²) < 4.78 is 17.2. The van der Waals surface area contributed by atoms with Crippen LogP contribution in [-0.4, -0.2) is 53.5 Å². The molecule has 7 nitrogen and oxygen atoms in total. The Morgan fingerprint density at radius 3 is 2.10 bits per heavy atom. The number of nitrogens with zero attached hydrogens (tertiary/aromatic N) is 4. The minimum absolute atomic E-state index is 0.445. The second-order valence-corrected chi connectivity index (χ2v) is 10.5. The Morgan fingerprint density at radius 2 is 1.38 bits per heavy atom. The molecule has 0 bridgehead atoms. The van der Waals surface area contributed by atoms with Gasteiger partial charge in [-0.2, -0.15) is 0 Å². The smallest absolute Gasteiger partial charge is 0.186 e. The molecule has 1 heterocycles. The largest absolute Gasteiger partial charge is 0.497 e. The van der Waals surface area contributed by atoms with Crippen molar-refractivity contribution in [1.29, 1.82) is 0 Å². The van der Waals surface area contributed by atoms with Gasteiger partial charge >= 0.3 is 0 Å². The molecule has 0 atom stereocenters. The normalized spacial score (nSPS) is 10.8. The second kappa shape index (κ2) is 13.9. The van der Waals surface area contributed by atoms with Gasteiger partial charge in [0.25, 0.3) is 0 Å².